The molecule has 0 fully saturated rings. The van der Waals surface area contributed by atoms with Gasteiger partial charge in [0.25, 0.3) is 5.91 Å². The first kappa shape index (κ1) is 18.3. The van der Waals surface area contributed by atoms with Gasteiger partial charge in [-0.05, 0) is 17.7 Å². The number of ether oxygens (including phenoxy) is 2. The zero-order valence-electron chi connectivity index (χ0n) is 14.2. The summed E-state index contributed by atoms with van der Waals surface area (Å²) in [6, 6.07) is 15.2. The van der Waals surface area contributed by atoms with Crippen LogP contribution in [0.25, 0.3) is 0 Å². The smallest absolute Gasteiger partial charge is 0.326 e. The number of carboxylic acid groups (broad SMARTS) is 1. The van der Waals surface area contributed by atoms with Gasteiger partial charge in [-0.3, -0.25) is 4.79 Å². The van der Waals surface area contributed by atoms with Gasteiger partial charge in [0.2, 0.25) is 0 Å². The van der Waals surface area contributed by atoms with Crippen molar-refractivity contribution in [3.63, 3.8) is 0 Å². The molecule has 0 radical (unpaired) electrons. The van der Waals surface area contributed by atoms with Gasteiger partial charge in [-0.25, -0.2) is 4.79 Å². The van der Waals surface area contributed by atoms with Crippen LogP contribution in [0.3, 0.4) is 0 Å². The van der Waals surface area contributed by atoms with Gasteiger partial charge in [0.15, 0.2) is 18.1 Å². The van der Waals surface area contributed by atoms with Crippen molar-refractivity contribution in [3.8, 4) is 11.5 Å². The van der Waals surface area contributed by atoms with E-state index in [0.717, 1.165) is 5.56 Å². The van der Waals surface area contributed by atoms with Gasteiger partial charge in [-0.2, -0.15) is 0 Å². The fraction of sp³-hybridized carbons (Fsp3) is 0.263. The molecule has 1 unspecified atom stereocenters. The van der Waals surface area contributed by atoms with E-state index in [4.69, 9.17) is 9.47 Å². The first-order valence-corrected chi connectivity index (χ1v) is 7.81. The minimum absolute atomic E-state index is 0.229. The number of para-hydroxylation sites is 2. The van der Waals surface area contributed by atoms with Gasteiger partial charge in [0, 0.05) is 13.5 Å². The molecule has 2 aromatic rings. The Hall–Kier alpha value is -3.02. The summed E-state index contributed by atoms with van der Waals surface area (Å²) < 4.78 is 10.6. The van der Waals surface area contributed by atoms with Crippen molar-refractivity contribution in [2.45, 2.75) is 12.5 Å². The van der Waals surface area contributed by atoms with E-state index in [1.165, 1.54) is 19.1 Å². The van der Waals surface area contributed by atoms with Crippen molar-refractivity contribution >= 4 is 11.9 Å². The van der Waals surface area contributed by atoms with Crippen LogP contribution < -0.4 is 9.47 Å². The highest BCUT2D eigenvalue weighted by Crippen LogP contribution is 2.25. The van der Waals surface area contributed by atoms with Crippen molar-refractivity contribution in [1.29, 1.82) is 0 Å². The van der Waals surface area contributed by atoms with Gasteiger partial charge < -0.3 is 19.5 Å². The van der Waals surface area contributed by atoms with Gasteiger partial charge >= 0.3 is 5.97 Å². The summed E-state index contributed by atoms with van der Waals surface area (Å²) in [6.45, 7) is -0.268. The molecule has 1 atom stereocenters. The number of benzene rings is 2. The fourth-order valence-electron chi connectivity index (χ4n) is 2.38. The third kappa shape index (κ3) is 4.97. The average Bonchev–Trinajstić information content (AvgIpc) is 2.64. The second-order valence-electron chi connectivity index (χ2n) is 5.49. The third-order valence-corrected chi connectivity index (χ3v) is 3.84. The molecule has 0 heterocycles. The van der Waals surface area contributed by atoms with Crippen molar-refractivity contribution in [3.05, 3.63) is 60.2 Å². The molecule has 6 heteroatoms. The zero-order valence-corrected chi connectivity index (χ0v) is 14.2. The molecular weight excluding hydrogens is 322 g/mol. The lowest BCUT2D eigenvalue weighted by Crippen LogP contribution is -2.45. The molecule has 2 aromatic carbocycles. The Kier molecular flexibility index (Phi) is 6.39. The molecule has 0 aliphatic rings. The van der Waals surface area contributed by atoms with Gasteiger partial charge in [-0.1, -0.05) is 42.5 Å². The quantitative estimate of drug-likeness (QED) is 0.795. The summed E-state index contributed by atoms with van der Waals surface area (Å²) >= 11 is 0. The molecule has 0 aliphatic carbocycles. The first-order valence-electron chi connectivity index (χ1n) is 7.81. The Balaban J connectivity index is 2.02. The monoisotopic (exact) mass is 343 g/mol. The lowest BCUT2D eigenvalue weighted by molar-refractivity contribution is -0.149. The molecule has 0 aliphatic heterocycles. The van der Waals surface area contributed by atoms with E-state index in [2.05, 4.69) is 0 Å². The van der Waals surface area contributed by atoms with Gasteiger partial charge in [-0.15, -0.1) is 0 Å². The van der Waals surface area contributed by atoms with Crippen LogP contribution in [0.5, 0.6) is 11.5 Å². The molecule has 2 rings (SSSR count). The highest BCUT2D eigenvalue weighted by molar-refractivity contribution is 5.84. The summed E-state index contributed by atoms with van der Waals surface area (Å²) in [7, 11) is 2.98. The number of hydrogen-bond donors (Lipinski definition) is 1. The molecule has 0 saturated heterocycles. The van der Waals surface area contributed by atoms with E-state index < -0.39 is 17.9 Å². The maximum absolute atomic E-state index is 12.3. The largest absolute Gasteiger partial charge is 0.493 e. The standard InChI is InChI=1S/C19H21NO5/c1-20(15(19(22)23)12-14-8-4-3-5-9-14)18(21)13-25-17-11-7-6-10-16(17)24-2/h3-11,15H,12-13H2,1-2H3,(H,22,23). The second-order valence-corrected chi connectivity index (χ2v) is 5.49. The topological polar surface area (TPSA) is 76.1 Å². The van der Waals surface area contributed by atoms with Crippen LogP contribution in [-0.4, -0.2) is 48.7 Å². The van der Waals surface area contributed by atoms with Crippen molar-refractivity contribution in [2.75, 3.05) is 20.8 Å². The van der Waals surface area contributed by atoms with Gasteiger partial charge in [0.05, 0.1) is 7.11 Å². The van der Waals surface area contributed by atoms with E-state index in [0.29, 0.717) is 11.5 Å². The van der Waals surface area contributed by atoms with E-state index >= 15 is 0 Å². The minimum Gasteiger partial charge on any atom is -0.493 e. The average molecular weight is 343 g/mol. The van der Waals surface area contributed by atoms with Crippen LogP contribution in [0.2, 0.25) is 0 Å². The molecule has 0 aromatic heterocycles. The molecule has 0 bridgehead atoms. The number of rotatable bonds is 8. The number of carboxylic acids is 1. The number of nitrogens with zero attached hydrogens (tertiary/aromatic N) is 1. The Labute approximate surface area is 146 Å². The van der Waals surface area contributed by atoms with Crippen molar-refractivity contribution in [2.24, 2.45) is 0 Å². The SMILES string of the molecule is COc1ccccc1OCC(=O)N(C)C(Cc1ccccc1)C(=O)O. The van der Waals surface area contributed by atoms with E-state index in [-0.39, 0.29) is 13.0 Å². The Morgan fingerprint density at radius 3 is 2.24 bits per heavy atom. The number of hydrogen-bond acceptors (Lipinski definition) is 4. The molecule has 0 saturated carbocycles. The molecule has 0 spiro atoms. The molecule has 25 heavy (non-hydrogen) atoms. The lowest BCUT2D eigenvalue weighted by Gasteiger charge is -2.25. The number of aliphatic carboxylic acids is 1. The Morgan fingerprint density at radius 2 is 1.64 bits per heavy atom. The predicted octanol–water partition coefficient (Wildman–Crippen LogP) is 2.23. The van der Waals surface area contributed by atoms with Crippen LogP contribution >= 0.6 is 0 Å². The molecule has 1 amide bonds. The molecular formula is C19H21NO5. The first-order chi connectivity index (χ1) is 12.0. The lowest BCUT2D eigenvalue weighted by atomic mass is 10.1. The maximum atomic E-state index is 12.3. The molecule has 6 nitrogen and oxygen atoms in total. The number of likely N-dealkylation sites (N-methyl/N-ethyl adjacent to an activating group) is 1. The zero-order chi connectivity index (χ0) is 18.2. The van der Waals surface area contributed by atoms with Crippen LogP contribution in [0.4, 0.5) is 0 Å². The Morgan fingerprint density at radius 1 is 1.04 bits per heavy atom. The molecule has 132 valence electrons. The molecule has 1 N–H and O–H groups in total. The highest BCUT2D eigenvalue weighted by atomic mass is 16.5. The normalized spacial score (nSPS) is 11.4. The van der Waals surface area contributed by atoms with Crippen molar-refractivity contribution in [1.82, 2.24) is 4.90 Å². The van der Waals surface area contributed by atoms with Crippen molar-refractivity contribution < 1.29 is 24.2 Å². The van der Waals surface area contributed by atoms with E-state index in [1.54, 1.807) is 24.3 Å². The summed E-state index contributed by atoms with van der Waals surface area (Å²) in [6.07, 6.45) is 0.229. The van der Waals surface area contributed by atoms with Crippen LogP contribution in [0, 0.1) is 0 Å². The fourth-order valence-corrected chi connectivity index (χ4v) is 2.38. The van der Waals surface area contributed by atoms with Crippen LogP contribution in [-0.2, 0) is 16.0 Å². The summed E-state index contributed by atoms with van der Waals surface area (Å²) in [5.74, 6) is -0.537. The summed E-state index contributed by atoms with van der Waals surface area (Å²) in [5.41, 5.74) is 0.847. The van der Waals surface area contributed by atoms with E-state index in [9.17, 15) is 14.7 Å². The number of methoxy groups -OCH3 is 1. The Bertz CT molecular complexity index is 717. The predicted molar refractivity (Wildman–Crippen MR) is 92.8 cm³/mol. The second kappa shape index (κ2) is 8.73. The van der Waals surface area contributed by atoms with Gasteiger partial charge in [0.1, 0.15) is 6.04 Å². The van der Waals surface area contributed by atoms with E-state index in [1.807, 2.05) is 30.3 Å². The number of carbonyl (C=O) groups excluding carboxylic acids is 1. The highest BCUT2D eigenvalue weighted by Gasteiger charge is 2.27. The summed E-state index contributed by atoms with van der Waals surface area (Å²) in [5, 5.41) is 9.47. The summed E-state index contributed by atoms with van der Waals surface area (Å²) in [4.78, 5) is 25.1. The third-order valence-electron chi connectivity index (χ3n) is 3.84. The van der Waals surface area contributed by atoms with Crippen LogP contribution in [0.1, 0.15) is 5.56 Å². The minimum atomic E-state index is -1.06. The number of carbonyl (C=O) groups is 2. The van der Waals surface area contributed by atoms with Crippen LogP contribution in [0.15, 0.2) is 54.6 Å². The number of amides is 1. The maximum Gasteiger partial charge on any atom is 0.326 e.